The lowest BCUT2D eigenvalue weighted by Crippen LogP contribution is -2.37. The lowest BCUT2D eigenvalue weighted by Gasteiger charge is -2.22. The van der Waals surface area contributed by atoms with Gasteiger partial charge in [-0.05, 0) is 54.8 Å². The molecule has 4 aromatic rings. The van der Waals surface area contributed by atoms with E-state index in [0.717, 1.165) is 20.0 Å². The Balaban J connectivity index is 1.59. The number of fused-ring (bicyclic) bond motifs is 1. The molecule has 0 aliphatic rings. The third kappa shape index (κ3) is 5.62. The van der Waals surface area contributed by atoms with Gasteiger partial charge in [0.05, 0.1) is 18.6 Å². The van der Waals surface area contributed by atoms with Crippen LogP contribution in [0.15, 0.2) is 77.7 Å². The van der Waals surface area contributed by atoms with Crippen molar-refractivity contribution in [1.82, 2.24) is 4.31 Å². The normalized spacial score (nSPS) is 11.6. The van der Waals surface area contributed by atoms with Crippen LogP contribution in [-0.4, -0.2) is 38.3 Å². The maximum atomic E-state index is 14.4. The second-order valence-corrected chi connectivity index (χ2v) is 11.1. The van der Waals surface area contributed by atoms with Crippen molar-refractivity contribution in [2.24, 2.45) is 0 Å². The number of sulfonamides is 1. The van der Waals surface area contributed by atoms with Crippen LogP contribution in [-0.2, 0) is 26.1 Å². The summed E-state index contributed by atoms with van der Waals surface area (Å²) in [5.41, 5.74) is 1.46. The fraction of sp³-hybridized carbons (Fsp3) is 0.154. The van der Waals surface area contributed by atoms with Crippen LogP contribution in [0.1, 0.15) is 20.8 Å². The number of carbonyl (C=O) groups is 2. The Morgan fingerprint density at radius 3 is 2.44 bits per heavy atom. The lowest BCUT2D eigenvalue weighted by atomic mass is 10.2. The highest BCUT2D eigenvalue weighted by atomic mass is 32.2. The van der Waals surface area contributed by atoms with E-state index in [2.05, 4.69) is 5.32 Å². The molecule has 1 heterocycles. The molecule has 1 aromatic heterocycles. The van der Waals surface area contributed by atoms with E-state index in [1.54, 1.807) is 42.5 Å². The largest absolute Gasteiger partial charge is 0.465 e. The van der Waals surface area contributed by atoms with Crippen molar-refractivity contribution in [1.29, 1.82) is 0 Å². The number of rotatable bonds is 8. The van der Waals surface area contributed by atoms with Gasteiger partial charge >= 0.3 is 5.97 Å². The van der Waals surface area contributed by atoms with Crippen molar-refractivity contribution in [3.05, 3.63) is 94.6 Å². The molecule has 0 radical (unpaired) electrons. The number of thiophene rings is 1. The van der Waals surface area contributed by atoms with Crippen molar-refractivity contribution in [3.8, 4) is 0 Å². The minimum atomic E-state index is -4.11. The molecule has 1 amide bonds. The first-order valence-electron chi connectivity index (χ1n) is 10.9. The number of esters is 1. The van der Waals surface area contributed by atoms with Crippen molar-refractivity contribution in [2.45, 2.75) is 18.4 Å². The number of methoxy groups -OCH3 is 1. The number of hydrogen-bond acceptors (Lipinski definition) is 6. The topological polar surface area (TPSA) is 92.8 Å². The molecule has 0 unspecified atom stereocenters. The number of amides is 1. The molecule has 7 nitrogen and oxygen atoms in total. The van der Waals surface area contributed by atoms with Crippen LogP contribution in [0.25, 0.3) is 10.1 Å². The van der Waals surface area contributed by atoms with Gasteiger partial charge in [0.2, 0.25) is 15.9 Å². The summed E-state index contributed by atoms with van der Waals surface area (Å²) in [5, 5.41) is 3.43. The van der Waals surface area contributed by atoms with Crippen LogP contribution >= 0.6 is 11.3 Å². The average Bonchev–Trinajstić information content (AvgIpc) is 3.28. The van der Waals surface area contributed by atoms with Crippen molar-refractivity contribution >= 4 is 49.0 Å². The fourth-order valence-electron chi connectivity index (χ4n) is 3.58. The molecule has 0 bridgehead atoms. The molecule has 36 heavy (non-hydrogen) atoms. The average molecular weight is 527 g/mol. The van der Waals surface area contributed by atoms with Crippen LogP contribution in [0, 0.1) is 12.7 Å². The van der Waals surface area contributed by atoms with Crippen molar-refractivity contribution < 1.29 is 27.1 Å². The van der Waals surface area contributed by atoms with E-state index in [-0.39, 0.29) is 17.0 Å². The van der Waals surface area contributed by atoms with Crippen LogP contribution in [0.4, 0.5) is 10.1 Å². The summed E-state index contributed by atoms with van der Waals surface area (Å²) in [7, 11) is -2.81. The molecule has 186 valence electrons. The summed E-state index contributed by atoms with van der Waals surface area (Å²) >= 11 is 1.26. The molecule has 0 saturated heterocycles. The molecule has 0 saturated carbocycles. The monoisotopic (exact) mass is 526 g/mol. The van der Waals surface area contributed by atoms with E-state index >= 15 is 0 Å². The number of aryl methyl sites for hydroxylation is 1. The summed E-state index contributed by atoms with van der Waals surface area (Å²) < 4.78 is 47.7. The van der Waals surface area contributed by atoms with E-state index in [1.165, 1.54) is 48.8 Å². The van der Waals surface area contributed by atoms with Gasteiger partial charge in [-0.3, -0.25) is 4.79 Å². The zero-order valence-electron chi connectivity index (χ0n) is 19.5. The predicted octanol–water partition coefficient (Wildman–Crippen LogP) is 4.97. The van der Waals surface area contributed by atoms with E-state index in [9.17, 15) is 22.4 Å². The Bertz CT molecular complexity index is 1530. The first kappa shape index (κ1) is 25.5. The van der Waals surface area contributed by atoms with E-state index in [1.807, 2.05) is 6.92 Å². The Hall–Kier alpha value is -3.60. The van der Waals surface area contributed by atoms with E-state index in [4.69, 9.17) is 4.74 Å². The standard InChI is InChI=1S/C26H23FN2O5S2/c1-17-7-10-21(11-8-17)36(32,33)29(15-18-5-3-4-6-22(18)27)16-25(30)28-20-9-12-23-19(13-20)14-24(35-23)26(31)34-2/h3-14H,15-16H2,1-2H3,(H,28,30). The number of benzene rings is 3. The molecule has 1 N–H and O–H groups in total. The first-order valence-corrected chi connectivity index (χ1v) is 13.1. The van der Waals surface area contributed by atoms with Gasteiger partial charge in [0.15, 0.2) is 0 Å². The Kier molecular flexibility index (Phi) is 7.48. The van der Waals surface area contributed by atoms with Gasteiger partial charge in [-0.2, -0.15) is 4.31 Å². The fourth-order valence-corrected chi connectivity index (χ4v) is 5.92. The predicted molar refractivity (Wildman–Crippen MR) is 137 cm³/mol. The highest BCUT2D eigenvalue weighted by molar-refractivity contribution is 7.89. The SMILES string of the molecule is COC(=O)c1cc2cc(NC(=O)CN(Cc3ccccc3F)S(=O)(=O)c3ccc(C)cc3)ccc2s1. The Labute approximate surface area is 212 Å². The van der Waals surface area contributed by atoms with Gasteiger partial charge in [-0.15, -0.1) is 11.3 Å². The van der Waals surface area contributed by atoms with Crippen LogP contribution in [0.3, 0.4) is 0 Å². The molecule has 4 rings (SSSR count). The summed E-state index contributed by atoms with van der Waals surface area (Å²) in [6, 6.07) is 18.8. The number of carbonyl (C=O) groups excluding carboxylic acids is 2. The van der Waals surface area contributed by atoms with Crippen molar-refractivity contribution in [3.63, 3.8) is 0 Å². The quantitative estimate of drug-likeness (QED) is 0.328. The molecule has 0 spiro atoms. The van der Waals surface area contributed by atoms with E-state index in [0.29, 0.717) is 10.6 Å². The number of halogens is 1. The number of nitrogens with zero attached hydrogens (tertiary/aromatic N) is 1. The molecule has 0 atom stereocenters. The van der Waals surface area contributed by atoms with Crippen molar-refractivity contribution in [2.75, 3.05) is 19.0 Å². The van der Waals surface area contributed by atoms with E-state index < -0.39 is 34.3 Å². The molecule has 0 aliphatic heterocycles. The number of hydrogen-bond donors (Lipinski definition) is 1. The highest BCUT2D eigenvalue weighted by Crippen LogP contribution is 2.29. The minimum Gasteiger partial charge on any atom is -0.465 e. The molecule has 0 aliphatic carbocycles. The molecule has 0 fully saturated rings. The summed E-state index contributed by atoms with van der Waals surface area (Å²) in [5.74, 6) is -1.61. The van der Waals surface area contributed by atoms with Gasteiger partial charge in [-0.1, -0.05) is 35.9 Å². The maximum Gasteiger partial charge on any atom is 0.348 e. The Morgan fingerprint density at radius 2 is 1.75 bits per heavy atom. The summed E-state index contributed by atoms with van der Waals surface area (Å²) in [6.45, 7) is 0.987. The van der Waals surface area contributed by atoms with Gasteiger partial charge in [-0.25, -0.2) is 17.6 Å². The van der Waals surface area contributed by atoms with Crippen LogP contribution in [0.5, 0.6) is 0 Å². The van der Waals surface area contributed by atoms with Gasteiger partial charge < -0.3 is 10.1 Å². The third-order valence-corrected chi connectivity index (χ3v) is 8.37. The lowest BCUT2D eigenvalue weighted by molar-refractivity contribution is -0.116. The summed E-state index contributed by atoms with van der Waals surface area (Å²) in [4.78, 5) is 25.2. The minimum absolute atomic E-state index is 0.00673. The zero-order chi connectivity index (χ0) is 25.9. The van der Waals surface area contributed by atoms with Gasteiger partial charge in [0.1, 0.15) is 10.7 Å². The van der Waals surface area contributed by atoms with Crippen LogP contribution < -0.4 is 5.32 Å². The third-order valence-electron chi connectivity index (χ3n) is 5.47. The highest BCUT2D eigenvalue weighted by Gasteiger charge is 2.28. The molecule has 10 heteroatoms. The smallest absolute Gasteiger partial charge is 0.348 e. The molecular weight excluding hydrogens is 503 g/mol. The Morgan fingerprint density at radius 1 is 1.03 bits per heavy atom. The van der Waals surface area contributed by atoms with Gasteiger partial charge in [0.25, 0.3) is 0 Å². The molecule has 3 aromatic carbocycles. The molecular formula is C26H23FN2O5S2. The number of anilines is 1. The number of ether oxygens (including phenoxy) is 1. The second-order valence-electron chi connectivity index (χ2n) is 8.08. The first-order chi connectivity index (χ1) is 17.2. The summed E-state index contributed by atoms with van der Waals surface area (Å²) in [6.07, 6.45) is 0. The van der Waals surface area contributed by atoms with Crippen LogP contribution in [0.2, 0.25) is 0 Å². The zero-order valence-corrected chi connectivity index (χ0v) is 21.2. The van der Waals surface area contributed by atoms with Gasteiger partial charge in [0, 0.05) is 22.5 Å². The maximum absolute atomic E-state index is 14.4. The second kappa shape index (κ2) is 10.6. The number of nitrogens with one attached hydrogen (secondary N) is 1.